The highest BCUT2D eigenvalue weighted by Gasteiger charge is 2.57. The van der Waals surface area contributed by atoms with Gasteiger partial charge in [-0.25, -0.2) is 0 Å². The average Bonchev–Trinajstić information content (AvgIpc) is 3.04. The van der Waals surface area contributed by atoms with E-state index in [2.05, 4.69) is 22.3 Å². The van der Waals surface area contributed by atoms with Crippen molar-refractivity contribution in [3.05, 3.63) is 10.4 Å². The van der Waals surface area contributed by atoms with Gasteiger partial charge in [-0.1, -0.05) is 12.0 Å². The maximum absolute atomic E-state index is 12.0. The summed E-state index contributed by atoms with van der Waals surface area (Å²) in [5, 5.41) is 6.63. The van der Waals surface area contributed by atoms with Crippen LogP contribution in [0.2, 0.25) is 0 Å². The summed E-state index contributed by atoms with van der Waals surface area (Å²) < 4.78 is 5.13. The lowest BCUT2D eigenvalue weighted by Crippen LogP contribution is -2.57. The highest BCUT2D eigenvalue weighted by molar-refractivity contribution is 5.82. The standard InChI is InChI=1S/C11H20N4O2/c1-4-17-9(16)11(3,10(2)5-6-10)13-7-8-14-15-12/h13H,4-8H2,1-3H3. The summed E-state index contributed by atoms with van der Waals surface area (Å²) in [6.07, 6.45) is 2.02. The summed E-state index contributed by atoms with van der Waals surface area (Å²) in [7, 11) is 0. The fraction of sp³-hybridized carbons (Fsp3) is 0.909. The molecule has 1 fully saturated rings. The van der Waals surface area contributed by atoms with E-state index in [-0.39, 0.29) is 11.4 Å². The Morgan fingerprint density at radius 1 is 1.65 bits per heavy atom. The number of hydrogen-bond acceptors (Lipinski definition) is 4. The Morgan fingerprint density at radius 3 is 2.76 bits per heavy atom. The zero-order valence-corrected chi connectivity index (χ0v) is 10.7. The van der Waals surface area contributed by atoms with Gasteiger partial charge in [0.15, 0.2) is 0 Å². The average molecular weight is 240 g/mol. The molecule has 1 rings (SSSR count). The number of esters is 1. The molecule has 0 saturated heterocycles. The van der Waals surface area contributed by atoms with Gasteiger partial charge in [-0.15, -0.1) is 0 Å². The first-order chi connectivity index (χ1) is 8.00. The van der Waals surface area contributed by atoms with Gasteiger partial charge in [0.1, 0.15) is 5.54 Å². The Balaban J connectivity index is 2.66. The molecule has 1 saturated carbocycles. The monoisotopic (exact) mass is 240 g/mol. The summed E-state index contributed by atoms with van der Waals surface area (Å²) in [5.41, 5.74) is 7.47. The fourth-order valence-corrected chi connectivity index (χ4v) is 1.90. The normalized spacial score (nSPS) is 19.9. The first kappa shape index (κ1) is 13.8. The zero-order chi connectivity index (χ0) is 12.9. The van der Waals surface area contributed by atoms with Crippen LogP contribution in [0.25, 0.3) is 10.4 Å². The summed E-state index contributed by atoms with van der Waals surface area (Å²) in [6.45, 7) is 6.94. The summed E-state index contributed by atoms with van der Waals surface area (Å²) in [5.74, 6) is -0.221. The second-order valence-corrected chi connectivity index (χ2v) is 4.79. The van der Waals surface area contributed by atoms with Crippen LogP contribution in [0, 0.1) is 5.41 Å². The van der Waals surface area contributed by atoms with Crippen LogP contribution in [0.3, 0.4) is 0 Å². The molecule has 1 aliphatic carbocycles. The maximum Gasteiger partial charge on any atom is 0.326 e. The van der Waals surface area contributed by atoms with E-state index < -0.39 is 5.54 Å². The molecule has 0 aromatic rings. The van der Waals surface area contributed by atoms with E-state index in [4.69, 9.17) is 10.3 Å². The minimum atomic E-state index is -0.687. The molecular weight excluding hydrogens is 220 g/mol. The topological polar surface area (TPSA) is 87.1 Å². The highest BCUT2D eigenvalue weighted by Crippen LogP contribution is 2.53. The van der Waals surface area contributed by atoms with Gasteiger partial charge in [-0.05, 0) is 37.6 Å². The highest BCUT2D eigenvalue weighted by atomic mass is 16.5. The van der Waals surface area contributed by atoms with Crippen LogP contribution in [0.1, 0.15) is 33.6 Å². The molecule has 0 aromatic carbocycles. The first-order valence-electron chi connectivity index (χ1n) is 5.93. The van der Waals surface area contributed by atoms with Crippen molar-refractivity contribution in [1.29, 1.82) is 0 Å². The third kappa shape index (κ3) is 2.90. The molecule has 0 radical (unpaired) electrons. The number of nitrogens with zero attached hydrogens (tertiary/aromatic N) is 3. The molecule has 0 aliphatic heterocycles. The summed E-state index contributed by atoms with van der Waals surface area (Å²) >= 11 is 0. The van der Waals surface area contributed by atoms with E-state index in [1.165, 1.54) is 0 Å². The molecule has 0 heterocycles. The van der Waals surface area contributed by atoms with E-state index in [1.807, 2.05) is 6.92 Å². The van der Waals surface area contributed by atoms with Crippen molar-refractivity contribution in [2.75, 3.05) is 19.7 Å². The Kier molecular flexibility index (Phi) is 4.37. The van der Waals surface area contributed by atoms with Crippen LogP contribution >= 0.6 is 0 Å². The van der Waals surface area contributed by atoms with Gasteiger partial charge in [-0.3, -0.25) is 4.79 Å². The molecule has 1 N–H and O–H groups in total. The van der Waals surface area contributed by atoms with Crippen molar-refractivity contribution in [1.82, 2.24) is 5.32 Å². The van der Waals surface area contributed by atoms with Gasteiger partial charge in [-0.2, -0.15) is 0 Å². The molecule has 6 heteroatoms. The predicted octanol–water partition coefficient (Wildman–Crippen LogP) is 2.01. The Morgan fingerprint density at radius 2 is 2.29 bits per heavy atom. The molecule has 17 heavy (non-hydrogen) atoms. The van der Waals surface area contributed by atoms with Gasteiger partial charge in [0.05, 0.1) is 6.61 Å². The van der Waals surface area contributed by atoms with E-state index in [9.17, 15) is 4.79 Å². The van der Waals surface area contributed by atoms with Gasteiger partial charge in [0.25, 0.3) is 0 Å². The molecule has 1 unspecified atom stereocenters. The molecule has 6 nitrogen and oxygen atoms in total. The predicted molar refractivity (Wildman–Crippen MR) is 64.4 cm³/mol. The second-order valence-electron chi connectivity index (χ2n) is 4.79. The molecule has 0 bridgehead atoms. The quantitative estimate of drug-likeness (QED) is 0.243. The van der Waals surface area contributed by atoms with E-state index in [0.717, 1.165) is 12.8 Å². The summed E-state index contributed by atoms with van der Waals surface area (Å²) in [4.78, 5) is 14.7. The molecular formula is C11H20N4O2. The third-order valence-corrected chi connectivity index (χ3v) is 3.64. The molecule has 0 amide bonds. The minimum Gasteiger partial charge on any atom is -0.465 e. The van der Waals surface area contributed by atoms with Crippen molar-refractivity contribution >= 4 is 5.97 Å². The van der Waals surface area contributed by atoms with Crippen LogP contribution in [0.5, 0.6) is 0 Å². The molecule has 1 aliphatic rings. The molecule has 0 spiro atoms. The van der Waals surface area contributed by atoms with Gasteiger partial charge in [0, 0.05) is 18.0 Å². The van der Waals surface area contributed by atoms with Crippen molar-refractivity contribution in [3.8, 4) is 0 Å². The van der Waals surface area contributed by atoms with Crippen LogP contribution < -0.4 is 5.32 Å². The van der Waals surface area contributed by atoms with Crippen molar-refractivity contribution in [2.45, 2.75) is 39.2 Å². The van der Waals surface area contributed by atoms with Gasteiger partial charge < -0.3 is 10.1 Å². The molecule has 96 valence electrons. The number of rotatable bonds is 7. The number of azide groups is 1. The van der Waals surface area contributed by atoms with Crippen molar-refractivity contribution < 1.29 is 9.53 Å². The lowest BCUT2D eigenvalue weighted by Gasteiger charge is -2.34. The van der Waals surface area contributed by atoms with Gasteiger partial charge >= 0.3 is 5.97 Å². The summed E-state index contributed by atoms with van der Waals surface area (Å²) in [6, 6.07) is 0. The second kappa shape index (κ2) is 5.38. The Bertz CT molecular complexity index is 334. The molecule has 1 atom stereocenters. The van der Waals surface area contributed by atoms with Crippen LogP contribution in [-0.4, -0.2) is 31.2 Å². The van der Waals surface area contributed by atoms with Crippen LogP contribution in [0.15, 0.2) is 5.11 Å². The number of ether oxygens (including phenoxy) is 1. The van der Waals surface area contributed by atoms with Crippen LogP contribution in [0.4, 0.5) is 0 Å². The smallest absolute Gasteiger partial charge is 0.326 e. The van der Waals surface area contributed by atoms with Gasteiger partial charge in [0.2, 0.25) is 0 Å². The lowest BCUT2D eigenvalue weighted by molar-refractivity contribution is -0.153. The van der Waals surface area contributed by atoms with Crippen LogP contribution in [-0.2, 0) is 9.53 Å². The number of hydrogen-bond donors (Lipinski definition) is 1. The van der Waals surface area contributed by atoms with Crippen molar-refractivity contribution in [2.24, 2.45) is 10.5 Å². The third-order valence-electron chi connectivity index (χ3n) is 3.64. The minimum absolute atomic E-state index is 0.0460. The number of carbonyl (C=O) groups excluding carboxylic acids is 1. The largest absolute Gasteiger partial charge is 0.465 e. The van der Waals surface area contributed by atoms with Crippen molar-refractivity contribution in [3.63, 3.8) is 0 Å². The SMILES string of the molecule is CCOC(=O)C(C)(NCCN=[N+]=[N-])C1(C)CC1. The zero-order valence-electron chi connectivity index (χ0n) is 10.7. The fourth-order valence-electron chi connectivity index (χ4n) is 1.90. The van der Waals surface area contributed by atoms with E-state index in [0.29, 0.717) is 19.7 Å². The number of carbonyl (C=O) groups is 1. The Hall–Kier alpha value is -1.26. The van der Waals surface area contributed by atoms with E-state index in [1.54, 1.807) is 6.92 Å². The lowest BCUT2D eigenvalue weighted by atomic mass is 9.83. The first-order valence-corrected chi connectivity index (χ1v) is 5.93. The maximum atomic E-state index is 12.0. The van der Waals surface area contributed by atoms with E-state index >= 15 is 0 Å². The number of nitrogens with one attached hydrogen (secondary N) is 1. The Labute approximate surface area is 101 Å². The molecule has 0 aromatic heterocycles.